The predicted molar refractivity (Wildman–Crippen MR) is 71.6 cm³/mol. The third-order valence-corrected chi connectivity index (χ3v) is 2.67. The summed E-state index contributed by atoms with van der Waals surface area (Å²) in [6.07, 6.45) is 0.987. The molecule has 5 heteroatoms. The van der Waals surface area contributed by atoms with E-state index >= 15 is 0 Å². The number of nitrogens with zero attached hydrogens (tertiary/aromatic N) is 2. The molecule has 0 saturated heterocycles. The molecule has 0 aliphatic heterocycles. The highest BCUT2D eigenvalue weighted by molar-refractivity contribution is 5.34. The van der Waals surface area contributed by atoms with Gasteiger partial charge in [-0.25, -0.2) is 4.98 Å². The zero-order valence-corrected chi connectivity index (χ0v) is 11.1. The Bertz CT molecular complexity index is 576. The van der Waals surface area contributed by atoms with E-state index in [1.807, 2.05) is 12.1 Å². The lowest BCUT2D eigenvalue weighted by Crippen LogP contribution is -2.10. The van der Waals surface area contributed by atoms with Crippen LogP contribution in [-0.2, 0) is 5.41 Å². The first-order valence-electron chi connectivity index (χ1n) is 5.92. The summed E-state index contributed by atoms with van der Waals surface area (Å²) in [6, 6.07) is 7.44. The van der Waals surface area contributed by atoms with Crippen molar-refractivity contribution >= 4 is 5.95 Å². The maximum absolute atomic E-state index is 13.4. The minimum atomic E-state index is -0.644. The number of nitrogen functional groups attached to an aromatic ring is 1. The van der Waals surface area contributed by atoms with E-state index in [-0.39, 0.29) is 17.2 Å². The highest BCUT2D eigenvalue weighted by atomic mass is 19.1. The van der Waals surface area contributed by atoms with Gasteiger partial charge in [0.2, 0.25) is 11.8 Å². The molecule has 0 spiro atoms. The second kappa shape index (κ2) is 4.84. The van der Waals surface area contributed by atoms with E-state index in [0.717, 1.165) is 6.20 Å². The quantitative estimate of drug-likeness (QED) is 0.901. The van der Waals surface area contributed by atoms with Crippen molar-refractivity contribution in [3.05, 3.63) is 41.8 Å². The fourth-order valence-corrected chi connectivity index (χ4v) is 1.57. The summed E-state index contributed by atoms with van der Waals surface area (Å²) < 4.78 is 18.8. The van der Waals surface area contributed by atoms with Gasteiger partial charge in [0.15, 0.2) is 0 Å². The highest BCUT2D eigenvalue weighted by Gasteiger charge is 2.14. The first-order chi connectivity index (χ1) is 8.86. The van der Waals surface area contributed by atoms with Crippen LogP contribution in [0.4, 0.5) is 10.3 Å². The molecular weight excluding hydrogens is 245 g/mol. The summed E-state index contributed by atoms with van der Waals surface area (Å²) in [4.78, 5) is 7.25. The predicted octanol–water partition coefficient (Wildman–Crippen LogP) is 3.29. The molecule has 0 atom stereocenters. The van der Waals surface area contributed by atoms with Gasteiger partial charge in [0.1, 0.15) is 5.75 Å². The molecule has 2 aromatic rings. The lowest BCUT2D eigenvalue weighted by molar-refractivity contribution is 0.420. The topological polar surface area (TPSA) is 61.0 Å². The van der Waals surface area contributed by atoms with Crippen LogP contribution in [-0.4, -0.2) is 9.97 Å². The molecule has 0 aliphatic carbocycles. The van der Waals surface area contributed by atoms with E-state index in [0.29, 0.717) is 5.75 Å². The number of halogens is 1. The zero-order chi connectivity index (χ0) is 14.0. The lowest BCUT2D eigenvalue weighted by atomic mass is 9.87. The summed E-state index contributed by atoms with van der Waals surface area (Å²) >= 11 is 0. The summed E-state index contributed by atoms with van der Waals surface area (Å²) in [6.45, 7) is 6.36. The van der Waals surface area contributed by atoms with Crippen molar-refractivity contribution in [1.29, 1.82) is 0 Å². The molecule has 1 heterocycles. The maximum Gasteiger partial charge on any atom is 0.260 e. The van der Waals surface area contributed by atoms with Gasteiger partial charge < -0.3 is 10.5 Å². The Hall–Kier alpha value is -2.17. The lowest BCUT2D eigenvalue weighted by Gasteiger charge is -2.19. The van der Waals surface area contributed by atoms with Gasteiger partial charge in [0, 0.05) is 0 Å². The Morgan fingerprint density at radius 3 is 2.37 bits per heavy atom. The van der Waals surface area contributed by atoms with Gasteiger partial charge >= 0.3 is 0 Å². The molecule has 0 aliphatic rings. The second-order valence-electron chi connectivity index (χ2n) is 5.26. The number of anilines is 1. The van der Waals surface area contributed by atoms with Crippen molar-refractivity contribution in [3.8, 4) is 11.6 Å². The average molecular weight is 261 g/mol. The SMILES string of the molecule is CC(C)(C)c1ccc(Oc2nc(N)ncc2F)cc1. The average Bonchev–Trinajstić information content (AvgIpc) is 2.33. The van der Waals surface area contributed by atoms with Crippen molar-refractivity contribution in [3.63, 3.8) is 0 Å². The maximum atomic E-state index is 13.4. The van der Waals surface area contributed by atoms with Crippen LogP contribution in [0, 0.1) is 5.82 Å². The molecule has 4 nitrogen and oxygen atoms in total. The van der Waals surface area contributed by atoms with Crippen molar-refractivity contribution in [2.75, 3.05) is 5.73 Å². The number of nitrogens with two attached hydrogens (primary N) is 1. The molecule has 0 bridgehead atoms. The van der Waals surface area contributed by atoms with Crippen LogP contribution in [0.3, 0.4) is 0 Å². The molecule has 0 fully saturated rings. The number of benzene rings is 1. The van der Waals surface area contributed by atoms with Crippen LogP contribution in [0.25, 0.3) is 0 Å². The van der Waals surface area contributed by atoms with E-state index in [1.165, 1.54) is 5.56 Å². The van der Waals surface area contributed by atoms with Crippen molar-refractivity contribution < 1.29 is 9.13 Å². The van der Waals surface area contributed by atoms with Crippen molar-refractivity contribution in [1.82, 2.24) is 9.97 Å². The van der Waals surface area contributed by atoms with Gasteiger partial charge in [-0.05, 0) is 23.1 Å². The Balaban J connectivity index is 2.22. The molecule has 100 valence electrons. The van der Waals surface area contributed by atoms with Gasteiger partial charge in [-0.1, -0.05) is 32.9 Å². The van der Waals surface area contributed by atoms with Crippen LogP contribution in [0.5, 0.6) is 11.6 Å². The monoisotopic (exact) mass is 261 g/mol. The van der Waals surface area contributed by atoms with E-state index < -0.39 is 5.82 Å². The molecule has 19 heavy (non-hydrogen) atoms. The Kier molecular flexibility index (Phi) is 3.38. The number of hydrogen-bond acceptors (Lipinski definition) is 4. The Morgan fingerprint density at radius 2 is 1.79 bits per heavy atom. The highest BCUT2D eigenvalue weighted by Crippen LogP contribution is 2.27. The van der Waals surface area contributed by atoms with Gasteiger partial charge in [0.05, 0.1) is 6.20 Å². The molecule has 1 aromatic carbocycles. The Labute approximate surface area is 111 Å². The molecule has 0 radical (unpaired) electrons. The normalized spacial score (nSPS) is 11.4. The smallest absolute Gasteiger partial charge is 0.260 e. The van der Waals surface area contributed by atoms with Gasteiger partial charge in [-0.2, -0.15) is 9.37 Å². The van der Waals surface area contributed by atoms with E-state index in [1.54, 1.807) is 12.1 Å². The standard InChI is InChI=1S/C14H16FN3O/c1-14(2,3)9-4-6-10(7-5-9)19-12-11(15)8-17-13(16)18-12/h4-8H,1-3H3,(H2,16,17,18). The van der Waals surface area contributed by atoms with E-state index in [2.05, 4.69) is 30.7 Å². The molecule has 2 rings (SSSR count). The van der Waals surface area contributed by atoms with Gasteiger partial charge in [0.25, 0.3) is 5.88 Å². The minimum absolute atomic E-state index is 0.0253. The van der Waals surface area contributed by atoms with E-state index in [4.69, 9.17) is 10.5 Å². The van der Waals surface area contributed by atoms with Crippen LogP contribution in [0.2, 0.25) is 0 Å². The Morgan fingerprint density at radius 1 is 1.16 bits per heavy atom. The van der Waals surface area contributed by atoms with Crippen molar-refractivity contribution in [2.24, 2.45) is 0 Å². The molecule has 0 amide bonds. The number of ether oxygens (including phenoxy) is 1. The summed E-state index contributed by atoms with van der Waals surface area (Å²) in [5, 5.41) is 0. The summed E-state index contributed by atoms with van der Waals surface area (Å²) in [5.74, 6) is -0.335. The summed E-state index contributed by atoms with van der Waals surface area (Å²) in [7, 11) is 0. The molecule has 2 N–H and O–H groups in total. The second-order valence-corrected chi connectivity index (χ2v) is 5.26. The molecule has 0 saturated carbocycles. The van der Waals surface area contributed by atoms with E-state index in [9.17, 15) is 4.39 Å². The first-order valence-corrected chi connectivity index (χ1v) is 5.92. The molecule has 1 aromatic heterocycles. The molecule has 0 unspecified atom stereocenters. The largest absolute Gasteiger partial charge is 0.436 e. The zero-order valence-electron chi connectivity index (χ0n) is 11.1. The third kappa shape index (κ3) is 3.19. The third-order valence-electron chi connectivity index (χ3n) is 2.67. The van der Waals surface area contributed by atoms with Crippen LogP contribution in [0.1, 0.15) is 26.3 Å². The fraction of sp³-hybridized carbons (Fsp3) is 0.286. The first kappa shape index (κ1) is 13.3. The molecular formula is C14H16FN3O. The van der Waals surface area contributed by atoms with Gasteiger partial charge in [-0.3, -0.25) is 0 Å². The summed E-state index contributed by atoms with van der Waals surface area (Å²) in [5.41, 5.74) is 6.62. The van der Waals surface area contributed by atoms with Crippen LogP contribution in [0.15, 0.2) is 30.5 Å². The number of aromatic nitrogens is 2. The number of rotatable bonds is 2. The van der Waals surface area contributed by atoms with Crippen LogP contribution >= 0.6 is 0 Å². The van der Waals surface area contributed by atoms with Crippen LogP contribution < -0.4 is 10.5 Å². The minimum Gasteiger partial charge on any atom is -0.436 e. The fourth-order valence-electron chi connectivity index (χ4n) is 1.57. The number of hydrogen-bond donors (Lipinski definition) is 1. The van der Waals surface area contributed by atoms with Crippen molar-refractivity contribution in [2.45, 2.75) is 26.2 Å². The van der Waals surface area contributed by atoms with Gasteiger partial charge in [-0.15, -0.1) is 0 Å².